The van der Waals surface area contributed by atoms with Crippen molar-refractivity contribution in [2.24, 2.45) is 4.99 Å². The Labute approximate surface area is 206 Å². The highest BCUT2D eigenvalue weighted by Gasteiger charge is 2.04. The summed E-state index contributed by atoms with van der Waals surface area (Å²) in [6.45, 7) is 6.51. The number of rotatable bonds is 8. The molecule has 0 aliphatic heterocycles. The summed E-state index contributed by atoms with van der Waals surface area (Å²) in [4.78, 5) is 9.44. The molecule has 4 aromatic rings. The highest BCUT2D eigenvalue weighted by atomic mass is 127. The number of pyridine rings is 1. The number of benzene rings is 1. The molecule has 0 spiro atoms. The van der Waals surface area contributed by atoms with Gasteiger partial charge in [-0.3, -0.25) is 4.99 Å². The molecule has 0 amide bonds. The van der Waals surface area contributed by atoms with Crippen LogP contribution in [0.15, 0.2) is 72.2 Å². The van der Waals surface area contributed by atoms with E-state index in [1.165, 1.54) is 11.1 Å². The largest absolute Gasteiger partial charge is 0.357 e. The van der Waals surface area contributed by atoms with Crippen molar-refractivity contribution in [3.63, 3.8) is 0 Å². The number of nitrogens with one attached hydrogen (secondary N) is 2. The first-order chi connectivity index (χ1) is 15.2. The average molecular weight is 543 g/mol. The molecular formula is C24H30IN7. The van der Waals surface area contributed by atoms with Crippen molar-refractivity contribution in [1.82, 2.24) is 29.8 Å². The SMILES string of the molecule is CCNC(=NCCc1cn2cccc(C)c2n1)NCCc1ccc(-n2cccn2)cc1.I. The van der Waals surface area contributed by atoms with E-state index < -0.39 is 0 Å². The molecule has 8 heteroatoms. The Morgan fingerprint density at radius 3 is 2.59 bits per heavy atom. The first-order valence-electron chi connectivity index (χ1n) is 10.8. The van der Waals surface area contributed by atoms with Crippen molar-refractivity contribution >= 4 is 35.6 Å². The third-order valence-electron chi connectivity index (χ3n) is 5.12. The van der Waals surface area contributed by atoms with Crippen LogP contribution in [-0.4, -0.2) is 44.8 Å². The molecule has 0 saturated heterocycles. The number of guanidine groups is 1. The molecule has 0 unspecified atom stereocenters. The number of halogens is 1. The highest BCUT2D eigenvalue weighted by molar-refractivity contribution is 14.0. The van der Waals surface area contributed by atoms with Gasteiger partial charge in [0, 0.05) is 50.8 Å². The quantitative estimate of drug-likeness (QED) is 0.202. The zero-order valence-electron chi connectivity index (χ0n) is 18.5. The molecule has 1 aromatic carbocycles. The molecule has 3 heterocycles. The molecule has 0 radical (unpaired) electrons. The van der Waals surface area contributed by atoms with Gasteiger partial charge in [-0.25, -0.2) is 9.67 Å². The highest BCUT2D eigenvalue weighted by Crippen LogP contribution is 2.11. The lowest BCUT2D eigenvalue weighted by atomic mass is 10.1. The van der Waals surface area contributed by atoms with Crippen molar-refractivity contribution in [2.45, 2.75) is 26.7 Å². The summed E-state index contributed by atoms with van der Waals surface area (Å²) in [5.74, 6) is 0.843. The molecule has 0 fully saturated rings. The van der Waals surface area contributed by atoms with Gasteiger partial charge in [0.2, 0.25) is 0 Å². The van der Waals surface area contributed by atoms with Crippen molar-refractivity contribution < 1.29 is 0 Å². The normalized spacial score (nSPS) is 11.4. The van der Waals surface area contributed by atoms with Crippen molar-refractivity contribution in [2.75, 3.05) is 19.6 Å². The summed E-state index contributed by atoms with van der Waals surface area (Å²) in [6.07, 6.45) is 9.60. The Morgan fingerprint density at radius 2 is 1.88 bits per heavy atom. The van der Waals surface area contributed by atoms with Gasteiger partial charge in [-0.05, 0) is 55.7 Å². The smallest absolute Gasteiger partial charge is 0.191 e. The molecule has 7 nitrogen and oxygen atoms in total. The van der Waals surface area contributed by atoms with Crippen molar-refractivity contribution in [1.29, 1.82) is 0 Å². The molecule has 0 aliphatic carbocycles. The molecule has 2 N–H and O–H groups in total. The lowest BCUT2D eigenvalue weighted by Gasteiger charge is -2.11. The molecule has 0 saturated carbocycles. The third-order valence-corrected chi connectivity index (χ3v) is 5.12. The Kier molecular flexibility index (Phi) is 8.66. The topological polar surface area (TPSA) is 71.5 Å². The van der Waals surface area contributed by atoms with Crippen LogP contribution < -0.4 is 10.6 Å². The van der Waals surface area contributed by atoms with E-state index in [0.717, 1.165) is 48.9 Å². The second-order valence-corrected chi connectivity index (χ2v) is 7.46. The Morgan fingerprint density at radius 1 is 1.03 bits per heavy atom. The van der Waals surface area contributed by atoms with Crippen LogP contribution in [0.3, 0.4) is 0 Å². The molecule has 32 heavy (non-hydrogen) atoms. The summed E-state index contributed by atoms with van der Waals surface area (Å²) < 4.78 is 3.94. The Balaban J connectivity index is 0.00000289. The lowest BCUT2D eigenvalue weighted by Crippen LogP contribution is -2.38. The number of hydrogen-bond donors (Lipinski definition) is 2. The minimum atomic E-state index is 0. The van der Waals surface area contributed by atoms with E-state index in [4.69, 9.17) is 9.98 Å². The number of fused-ring (bicyclic) bond motifs is 1. The zero-order chi connectivity index (χ0) is 21.5. The summed E-state index contributed by atoms with van der Waals surface area (Å²) in [5, 5.41) is 11.0. The van der Waals surface area contributed by atoms with E-state index in [1.807, 2.05) is 29.2 Å². The van der Waals surface area contributed by atoms with Crippen LogP contribution in [0.1, 0.15) is 23.7 Å². The number of aliphatic imine (C=N–C) groups is 1. The van der Waals surface area contributed by atoms with E-state index in [2.05, 4.69) is 70.5 Å². The van der Waals surface area contributed by atoms with Crippen LogP contribution in [0, 0.1) is 6.92 Å². The van der Waals surface area contributed by atoms with Crippen molar-refractivity contribution in [3.05, 3.63) is 84.1 Å². The number of imidazole rings is 1. The van der Waals surface area contributed by atoms with Crippen LogP contribution >= 0.6 is 24.0 Å². The van der Waals surface area contributed by atoms with Gasteiger partial charge in [-0.1, -0.05) is 18.2 Å². The van der Waals surface area contributed by atoms with Crippen LogP contribution in [0.5, 0.6) is 0 Å². The van der Waals surface area contributed by atoms with E-state index >= 15 is 0 Å². The molecule has 3 aromatic heterocycles. The van der Waals surface area contributed by atoms with Gasteiger partial charge >= 0.3 is 0 Å². The van der Waals surface area contributed by atoms with Crippen LogP contribution in [0.25, 0.3) is 11.3 Å². The maximum absolute atomic E-state index is 4.73. The van der Waals surface area contributed by atoms with Gasteiger partial charge < -0.3 is 15.0 Å². The van der Waals surface area contributed by atoms with E-state index in [-0.39, 0.29) is 24.0 Å². The van der Waals surface area contributed by atoms with Crippen LogP contribution in [-0.2, 0) is 12.8 Å². The monoisotopic (exact) mass is 543 g/mol. The van der Waals surface area contributed by atoms with Gasteiger partial charge in [0.25, 0.3) is 0 Å². The van der Waals surface area contributed by atoms with Crippen molar-refractivity contribution in [3.8, 4) is 5.69 Å². The molecular weight excluding hydrogens is 513 g/mol. The maximum Gasteiger partial charge on any atom is 0.191 e. The molecule has 4 rings (SSSR count). The molecule has 0 bridgehead atoms. The van der Waals surface area contributed by atoms with E-state index in [9.17, 15) is 0 Å². The first kappa shape index (κ1) is 23.8. The van der Waals surface area contributed by atoms with Gasteiger partial charge in [0.1, 0.15) is 5.65 Å². The van der Waals surface area contributed by atoms with Gasteiger partial charge in [-0.2, -0.15) is 5.10 Å². The van der Waals surface area contributed by atoms with Crippen LogP contribution in [0.4, 0.5) is 0 Å². The first-order valence-corrected chi connectivity index (χ1v) is 10.8. The third kappa shape index (κ3) is 6.09. The van der Waals surface area contributed by atoms with Crippen LogP contribution in [0.2, 0.25) is 0 Å². The predicted octanol–water partition coefficient (Wildman–Crippen LogP) is 3.79. The standard InChI is InChI=1S/C24H29N7.HI/c1-3-25-24(27-15-12-21-18-30-16-4-6-19(2)23(30)29-21)26-14-11-20-7-9-22(10-8-20)31-17-5-13-28-31;/h4-10,13,16-18H,3,11-12,14-15H2,1-2H3,(H2,25,26,27);1H. The predicted molar refractivity (Wildman–Crippen MR) is 140 cm³/mol. The van der Waals surface area contributed by atoms with E-state index in [0.29, 0.717) is 6.54 Å². The average Bonchev–Trinajstić information content (AvgIpc) is 3.45. The van der Waals surface area contributed by atoms with Gasteiger partial charge in [0.15, 0.2) is 5.96 Å². The minimum absolute atomic E-state index is 0. The molecule has 0 aliphatic rings. The fraction of sp³-hybridized carbons (Fsp3) is 0.292. The molecule has 0 atom stereocenters. The maximum atomic E-state index is 4.73. The molecule has 168 valence electrons. The number of aromatic nitrogens is 4. The summed E-state index contributed by atoms with van der Waals surface area (Å²) >= 11 is 0. The Hall–Kier alpha value is -2.88. The fourth-order valence-electron chi connectivity index (χ4n) is 3.51. The minimum Gasteiger partial charge on any atom is -0.357 e. The summed E-state index contributed by atoms with van der Waals surface area (Å²) in [5.41, 5.74) is 5.61. The lowest BCUT2D eigenvalue weighted by molar-refractivity contribution is 0.794. The van der Waals surface area contributed by atoms with Gasteiger partial charge in [-0.15, -0.1) is 24.0 Å². The van der Waals surface area contributed by atoms with Gasteiger partial charge in [0.05, 0.1) is 11.4 Å². The Bertz CT molecular complexity index is 1130. The number of nitrogens with zero attached hydrogens (tertiary/aromatic N) is 5. The number of hydrogen-bond acceptors (Lipinski definition) is 3. The fourth-order valence-corrected chi connectivity index (χ4v) is 3.51. The van der Waals surface area contributed by atoms with E-state index in [1.54, 1.807) is 6.20 Å². The zero-order valence-corrected chi connectivity index (χ0v) is 20.9. The summed E-state index contributed by atoms with van der Waals surface area (Å²) in [7, 11) is 0. The second kappa shape index (κ2) is 11.7. The number of aryl methyl sites for hydroxylation is 1. The second-order valence-electron chi connectivity index (χ2n) is 7.46. The summed E-state index contributed by atoms with van der Waals surface area (Å²) in [6, 6.07) is 14.5.